The van der Waals surface area contributed by atoms with Crippen LogP contribution >= 0.6 is 0 Å². The van der Waals surface area contributed by atoms with E-state index in [1.807, 2.05) is 19.4 Å². The van der Waals surface area contributed by atoms with E-state index in [0.717, 1.165) is 6.42 Å². The Morgan fingerprint density at radius 2 is 1.95 bits per heavy atom. The third-order valence-electron chi connectivity index (χ3n) is 3.85. The van der Waals surface area contributed by atoms with E-state index in [-0.39, 0.29) is 5.92 Å². The van der Waals surface area contributed by atoms with Crippen molar-refractivity contribution in [2.75, 3.05) is 0 Å². The normalized spacial score (nSPS) is 12.6. The molecule has 0 saturated carbocycles. The van der Waals surface area contributed by atoms with Crippen LogP contribution in [0.2, 0.25) is 0 Å². The van der Waals surface area contributed by atoms with Crippen LogP contribution in [0.5, 0.6) is 0 Å². The second-order valence-corrected chi connectivity index (χ2v) is 5.73. The van der Waals surface area contributed by atoms with Crippen molar-refractivity contribution in [1.82, 2.24) is 4.57 Å². The van der Waals surface area contributed by atoms with E-state index < -0.39 is 5.97 Å². The zero-order valence-electron chi connectivity index (χ0n) is 13.1. The van der Waals surface area contributed by atoms with E-state index in [9.17, 15) is 4.79 Å². The van der Waals surface area contributed by atoms with Crippen molar-refractivity contribution in [3.8, 4) is 0 Å². The summed E-state index contributed by atoms with van der Waals surface area (Å²) in [7, 11) is 2.04. The molecule has 1 heterocycles. The molecule has 1 aromatic rings. The molecule has 0 spiro atoms. The van der Waals surface area contributed by atoms with Gasteiger partial charge in [-0.25, -0.2) is 9.13 Å². The Labute approximate surface area is 122 Å². The van der Waals surface area contributed by atoms with Gasteiger partial charge in [0.05, 0.1) is 13.0 Å². The number of aryl methyl sites for hydroxylation is 1. The van der Waals surface area contributed by atoms with Gasteiger partial charge in [0.1, 0.15) is 18.9 Å². The smallest absolute Gasteiger partial charge is 0.310 e. The van der Waals surface area contributed by atoms with Gasteiger partial charge in [0.25, 0.3) is 5.82 Å². The molecule has 114 valence electrons. The van der Waals surface area contributed by atoms with Crippen LogP contribution in [0.4, 0.5) is 0 Å². The van der Waals surface area contributed by atoms with Crippen LogP contribution in [0.15, 0.2) is 12.4 Å². The molecular formula is C16H29N2O2+. The molecule has 0 saturated heterocycles. The molecule has 1 atom stereocenters. The topological polar surface area (TPSA) is 46.1 Å². The van der Waals surface area contributed by atoms with E-state index in [1.165, 1.54) is 44.3 Å². The fourth-order valence-corrected chi connectivity index (χ4v) is 2.48. The summed E-state index contributed by atoms with van der Waals surface area (Å²) in [6, 6.07) is 0. The second kappa shape index (κ2) is 8.77. The number of aliphatic carboxylic acids is 1. The van der Waals surface area contributed by atoms with Gasteiger partial charge < -0.3 is 5.11 Å². The maximum Gasteiger partial charge on any atom is 0.310 e. The number of hydrogen-bond acceptors (Lipinski definition) is 1. The minimum atomic E-state index is -0.730. The molecule has 0 amide bonds. The van der Waals surface area contributed by atoms with Crippen molar-refractivity contribution in [2.24, 2.45) is 13.0 Å². The molecule has 0 aliphatic heterocycles. The van der Waals surface area contributed by atoms with Crippen LogP contribution in [-0.2, 0) is 24.8 Å². The van der Waals surface area contributed by atoms with Crippen molar-refractivity contribution in [3.63, 3.8) is 0 Å². The lowest BCUT2D eigenvalue weighted by molar-refractivity contribution is -0.678. The summed E-state index contributed by atoms with van der Waals surface area (Å²) in [6.07, 6.45) is 12.7. The first-order valence-electron chi connectivity index (χ1n) is 7.82. The van der Waals surface area contributed by atoms with Gasteiger partial charge >= 0.3 is 5.97 Å². The molecular weight excluding hydrogens is 252 g/mol. The number of nitrogens with zero attached hydrogens (tertiary/aromatic N) is 2. The van der Waals surface area contributed by atoms with Gasteiger partial charge in [-0.3, -0.25) is 4.79 Å². The SMILES string of the molecule is CCCCCCCCc1n(CC(C)C(=O)O)cc[n+]1C. The van der Waals surface area contributed by atoms with E-state index in [2.05, 4.69) is 16.1 Å². The van der Waals surface area contributed by atoms with Crippen molar-refractivity contribution in [3.05, 3.63) is 18.2 Å². The standard InChI is InChI=1S/C16H28N2O2/c1-4-5-6-7-8-9-10-15-17(3)11-12-18(15)13-14(2)16(19)20/h11-12,14H,4-10,13H2,1-3H3/p+1. The Hall–Kier alpha value is -1.32. The van der Waals surface area contributed by atoms with Crippen LogP contribution < -0.4 is 4.57 Å². The third-order valence-corrected chi connectivity index (χ3v) is 3.85. The van der Waals surface area contributed by atoms with E-state index >= 15 is 0 Å². The summed E-state index contributed by atoms with van der Waals surface area (Å²) in [4.78, 5) is 11.0. The molecule has 4 nitrogen and oxygen atoms in total. The zero-order chi connectivity index (χ0) is 15.0. The van der Waals surface area contributed by atoms with Gasteiger partial charge in [-0.2, -0.15) is 0 Å². The highest BCUT2D eigenvalue weighted by atomic mass is 16.4. The molecule has 1 rings (SSSR count). The summed E-state index contributed by atoms with van der Waals surface area (Å²) in [6.45, 7) is 4.55. The molecule has 0 aromatic carbocycles. The first kappa shape index (κ1) is 16.7. The van der Waals surface area contributed by atoms with Gasteiger partial charge in [0.2, 0.25) is 0 Å². The Bertz CT molecular complexity index is 413. The van der Waals surface area contributed by atoms with Gasteiger partial charge in [0.15, 0.2) is 0 Å². The predicted octanol–water partition coefficient (Wildman–Crippen LogP) is 2.94. The van der Waals surface area contributed by atoms with Crippen molar-refractivity contribution < 1.29 is 14.5 Å². The van der Waals surface area contributed by atoms with Crippen LogP contribution in [-0.4, -0.2) is 15.6 Å². The number of aromatic nitrogens is 2. The monoisotopic (exact) mass is 281 g/mol. The largest absolute Gasteiger partial charge is 0.481 e. The predicted molar refractivity (Wildman–Crippen MR) is 79.5 cm³/mol. The number of imidazole rings is 1. The summed E-state index contributed by atoms with van der Waals surface area (Å²) >= 11 is 0. The summed E-state index contributed by atoms with van der Waals surface area (Å²) in [5.74, 6) is 0.158. The van der Waals surface area contributed by atoms with Gasteiger partial charge in [-0.15, -0.1) is 0 Å². The van der Waals surface area contributed by atoms with Crippen molar-refractivity contribution in [2.45, 2.75) is 65.3 Å². The zero-order valence-corrected chi connectivity index (χ0v) is 13.1. The Balaban J connectivity index is 2.44. The number of hydrogen-bond donors (Lipinski definition) is 1. The number of rotatable bonds is 10. The lowest BCUT2D eigenvalue weighted by atomic mass is 10.1. The molecule has 1 aromatic heterocycles. The average Bonchev–Trinajstić information content (AvgIpc) is 2.75. The highest BCUT2D eigenvalue weighted by molar-refractivity contribution is 5.69. The molecule has 0 bridgehead atoms. The third kappa shape index (κ3) is 5.35. The van der Waals surface area contributed by atoms with Crippen molar-refractivity contribution >= 4 is 5.97 Å². The number of carboxylic acids is 1. The van der Waals surface area contributed by atoms with Gasteiger partial charge in [-0.1, -0.05) is 39.0 Å². The summed E-state index contributed by atoms with van der Waals surface area (Å²) in [5, 5.41) is 9.02. The average molecular weight is 281 g/mol. The molecule has 0 radical (unpaired) electrons. The first-order chi connectivity index (χ1) is 9.56. The Morgan fingerprint density at radius 1 is 1.30 bits per heavy atom. The first-order valence-corrected chi connectivity index (χ1v) is 7.82. The summed E-state index contributed by atoms with van der Waals surface area (Å²) < 4.78 is 4.20. The van der Waals surface area contributed by atoms with E-state index in [4.69, 9.17) is 5.11 Å². The fraction of sp³-hybridized carbons (Fsp3) is 0.750. The lowest BCUT2D eigenvalue weighted by Crippen LogP contribution is -2.33. The maximum atomic E-state index is 11.0. The summed E-state index contributed by atoms with van der Waals surface area (Å²) in [5.41, 5.74) is 0. The van der Waals surface area contributed by atoms with E-state index in [0.29, 0.717) is 6.54 Å². The molecule has 20 heavy (non-hydrogen) atoms. The lowest BCUT2D eigenvalue weighted by Gasteiger charge is -2.06. The van der Waals surface area contributed by atoms with E-state index in [1.54, 1.807) is 6.92 Å². The molecule has 4 heteroatoms. The maximum absolute atomic E-state index is 11.0. The molecule has 1 unspecified atom stereocenters. The van der Waals surface area contributed by atoms with Gasteiger partial charge in [0, 0.05) is 6.42 Å². The Kier molecular flexibility index (Phi) is 7.34. The van der Waals surface area contributed by atoms with Crippen LogP contribution in [0.3, 0.4) is 0 Å². The number of carboxylic acid groups (broad SMARTS) is 1. The molecule has 0 aliphatic carbocycles. The second-order valence-electron chi connectivity index (χ2n) is 5.73. The highest BCUT2D eigenvalue weighted by Crippen LogP contribution is 2.10. The quantitative estimate of drug-likeness (QED) is 0.529. The van der Waals surface area contributed by atoms with Crippen LogP contribution in [0.1, 0.15) is 58.2 Å². The minimum Gasteiger partial charge on any atom is -0.481 e. The Morgan fingerprint density at radius 3 is 2.60 bits per heavy atom. The van der Waals surface area contributed by atoms with Gasteiger partial charge in [-0.05, 0) is 13.3 Å². The number of carbonyl (C=O) groups is 1. The number of unbranched alkanes of at least 4 members (excludes halogenated alkanes) is 5. The van der Waals surface area contributed by atoms with Crippen LogP contribution in [0.25, 0.3) is 0 Å². The molecule has 0 aliphatic rings. The van der Waals surface area contributed by atoms with Crippen LogP contribution in [0, 0.1) is 5.92 Å². The fourth-order valence-electron chi connectivity index (χ4n) is 2.48. The molecule has 1 N–H and O–H groups in total. The highest BCUT2D eigenvalue weighted by Gasteiger charge is 2.20. The van der Waals surface area contributed by atoms with Crippen molar-refractivity contribution in [1.29, 1.82) is 0 Å². The minimum absolute atomic E-state index is 0.342. The molecule has 0 fully saturated rings.